The van der Waals surface area contributed by atoms with Crippen molar-refractivity contribution in [3.63, 3.8) is 0 Å². The molecule has 25 heavy (non-hydrogen) atoms. The number of carbonyl (C=O) groups is 3. The number of hydrogen-bond donors (Lipinski definition) is 1. The molecule has 0 radical (unpaired) electrons. The van der Waals surface area contributed by atoms with Crippen molar-refractivity contribution in [1.29, 1.82) is 0 Å². The first-order chi connectivity index (χ1) is 11.8. The maximum absolute atomic E-state index is 12.0. The molecule has 0 aromatic heterocycles. The van der Waals surface area contributed by atoms with Gasteiger partial charge < -0.3 is 19.9 Å². The zero-order valence-corrected chi connectivity index (χ0v) is 15.0. The Kier molecular flexibility index (Phi) is 8.07. The van der Waals surface area contributed by atoms with Gasteiger partial charge in [-0.15, -0.1) is 0 Å². The molecule has 0 saturated heterocycles. The summed E-state index contributed by atoms with van der Waals surface area (Å²) in [6.07, 6.45) is 1.50. The van der Waals surface area contributed by atoms with E-state index in [-0.39, 0.29) is 24.0 Å². The van der Waals surface area contributed by atoms with Crippen LogP contribution in [-0.2, 0) is 25.5 Å². The molecule has 0 aliphatic rings. The van der Waals surface area contributed by atoms with Crippen LogP contribution in [0.4, 0.5) is 0 Å². The second-order valence-corrected chi connectivity index (χ2v) is 5.65. The van der Waals surface area contributed by atoms with E-state index in [1.807, 2.05) is 13.8 Å². The Balaban J connectivity index is 2.88. The fraction of sp³-hybridized carbons (Fsp3) is 0.500. The van der Waals surface area contributed by atoms with Gasteiger partial charge in [0.25, 0.3) is 0 Å². The number of benzene rings is 1. The van der Waals surface area contributed by atoms with E-state index in [4.69, 9.17) is 19.9 Å². The predicted octanol–water partition coefficient (Wildman–Crippen LogP) is 2.14. The highest BCUT2D eigenvalue weighted by atomic mass is 16.6. The van der Waals surface area contributed by atoms with Gasteiger partial charge in [0.2, 0.25) is 0 Å². The van der Waals surface area contributed by atoms with Crippen LogP contribution in [-0.4, -0.2) is 30.1 Å². The van der Waals surface area contributed by atoms with E-state index in [9.17, 15) is 14.4 Å². The molecule has 7 nitrogen and oxygen atoms in total. The van der Waals surface area contributed by atoms with Crippen LogP contribution < -0.4 is 15.2 Å². The van der Waals surface area contributed by atoms with E-state index in [0.29, 0.717) is 5.56 Å². The fourth-order valence-electron chi connectivity index (χ4n) is 2.20. The fourth-order valence-corrected chi connectivity index (χ4v) is 2.20. The largest absolute Gasteiger partial charge is 0.461 e. The van der Waals surface area contributed by atoms with Gasteiger partial charge in [-0.05, 0) is 37.0 Å². The average molecular weight is 351 g/mol. The van der Waals surface area contributed by atoms with Crippen LogP contribution in [0.5, 0.6) is 11.5 Å². The van der Waals surface area contributed by atoms with Gasteiger partial charge >= 0.3 is 17.9 Å². The topological polar surface area (TPSA) is 105 Å². The SMILES string of the molecule is CCC(CC)OC(=O)C(N)Cc1ccc(OC(C)=O)c(OC(C)=O)c1. The maximum atomic E-state index is 12.0. The summed E-state index contributed by atoms with van der Waals surface area (Å²) < 4.78 is 15.4. The van der Waals surface area contributed by atoms with E-state index in [2.05, 4.69) is 0 Å². The minimum absolute atomic E-state index is 0.0979. The molecule has 138 valence electrons. The third-order valence-corrected chi connectivity index (χ3v) is 3.47. The van der Waals surface area contributed by atoms with Crippen molar-refractivity contribution in [2.24, 2.45) is 5.73 Å². The molecule has 1 aromatic carbocycles. The maximum Gasteiger partial charge on any atom is 0.323 e. The van der Waals surface area contributed by atoms with Crippen molar-refractivity contribution in [3.8, 4) is 11.5 Å². The highest BCUT2D eigenvalue weighted by molar-refractivity contribution is 5.76. The lowest BCUT2D eigenvalue weighted by molar-refractivity contribution is -0.151. The Bertz CT molecular complexity index is 624. The first kappa shape index (κ1) is 20.6. The Labute approximate surface area is 147 Å². The van der Waals surface area contributed by atoms with Crippen molar-refractivity contribution in [2.45, 2.75) is 59.1 Å². The van der Waals surface area contributed by atoms with Gasteiger partial charge in [0.1, 0.15) is 12.1 Å². The van der Waals surface area contributed by atoms with Crippen molar-refractivity contribution >= 4 is 17.9 Å². The molecule has 0 saturated carbocycles. The lowest BCUT2D eigenvalue weighted by Gasteiger charge is -2.18. The Hall–Kier alpha value is -2.41. The van der Waals surface area contributed by atoms with Gasteiger partial charge in [-0.3, -0.25) is 14.4 Å². The highest BCUT2D eigenvalue weighted by Crippen LogP contribution is 2.29. The second-order valence-electron chi connectivity index (χ2n) is 5.65. The quantitative estimate of drug-likeness (QED) is 0.565. The van der Waals surface area contributed by atoms with Gasteiger partial charge in [0.05, 0.1) is 0 Å². The van der Waals surface area contributed by atoms with Crippen molar-refractivity contribution in [3.05, 3.63) is 23.8 Å². The lowest BCUT2D eigenvalue weighted by atomic mass is 10.1. The second kappa shape index (κ2) is 9.78. The molecule has 2 N–H and O–H groups in total. The average Bonchev–Trinajstić information content (AvgIpc) is 2.53. The third-order valence-electron chi connectivity index (χ3n) is 3.47. The molecule has 1 unspecified atom stereocenters. The van der Waals surface area contributed by atoms with Gasteiger partial charge in [0.15, 0.2) is 11.5 Å². The van der Waals surface area contributed by atoms with E-state index >= 15 is 0 Å². The summed E-state index contributed by atoms with van der Waals surface area (Å²) in [7, 11) is 0. The molecule has 0 aliphatic heterocycles. The molecule has 0 fully saturated rings. The van der Waals surface area contributed by atoms with E-state index in [1.54, 1.807) is 6.07 Å². The number of esters is 3. The minimum Gasteiger partial charge on any atom is -0.461 e. The number of ether oxygens (including phenoxy) is 3. The van der Waals surface area contributed by atoms with E-state index in [1.165, 1.54) is 26.0 Å². The van der Waals surface area contributed by atoms with Gasteiger partial charge in [0, 0.05) is 13.8 Å². The van der Waals surface area contributed by atoms with Crippen LogP contribution in [0.1, 0.15) is 46.1 Å². The zero-order chi connectivity index (χ0) is 19.0. The van der Waals surface area contributed by atoms with Gasteiger partial charge in [-0.2, -0.15) is 0 Å². The number of hydrogen-bond acceptors (Lipinski definition) is 7. The van der Waals surface area contributed by atoms with Crippen LogP contribution in [0.15, 0.2) is 18.2 Å². The standard InChI is InChI=1S/C18H25NO6/c1-5-14(6-2)25-18(22)15(19)9-13-7-8-16(23-11(3)20)17(10-13)24-12(4)21/h7-8,10,14-15H,5-6,9,19H2,1-4H3. The summed E-state index contributed by atoms with van der Waals surface area (Å²) >= 11 is 0. The van der Waals surface area contributed by atoms with Crippen molar-refractivity contribution in [2.75, 3.05) is 0 Å². The van der Waals surface area contributed by atoms with Crippen LogP contribution in [0, 0.1) is 0 Å². The monoisotopic (exact) mass is 351 g/mol. The summed E-state index contributed by atoms with van der Waals surface area (Å²) in [5.74, 6) is -1.35. The summed E-state index contributed by atoms with van der Waals surface area (Å²) in [4.78, 5) is 34.4. The molecule has 0 aliphatic carbocycles. The van der Waals surface area contributed by atoms with Crippen molar-refractivity contribution in [1.82, 2.24) is 0 Å². The van der Waals surface area contributed by atoms with E-state index < -0.39 is 23.9 Å². The van der Waals surface area contributed by atoms with Crippen LogP contribution in [0.2, 0.25) is 0 Å². The minimum atomic E-state index is -0.842. The Morgan fingerprint density at radius 1 is 1.00 bits per heavy atom. The molecule has 1 aromatic rings. The molecule has 0 amide bonds. The molecule has 0 spiro atoms. The smallest absolute Gasteiger partial charge is 0.323 e. The number of nitrogens with two attached hydrogens (primary N) is 1. The van der Waals surface area contributed by atoms with Crippen LogP contribution >= 0.6 is 0 Å². The molecular weight excluding hydrogens is 326 g/mol. The van der Waals surface area contributed by atoms with E-state index in [0.717, 1.165) is 12.8 Å². The molecule has 0 heterocycles. The van der Waals surface area contributed by atoms with Crippen molar-refractivity contribution < 1.29 is 28.6 Å². The molecule has 1 atom stereocenters. The summed E-state index contributed by atoms with van der Waals surface area (Å²) in [5.41, 5.74) is 6.56. The molecule has 0 bridgehead atoms. The van der Waals surface area contributed by atoms with Crippen LogP contribution in [0.25, 0.3) is 0 Å². The summed E-state index contributed by atoms with van der Waals surface area (Å²) in [5, 5.41) is 0. The predicted molar refractivity (Wildman–Crippen MR) is 91.2 cm³/mol. The first-order valence-corrected chi connectivity index (χ1v) is 8.22. The Morgan fingerprint density at radius 2 is 1.56 bits per heavy atom. The number of carbonyl (C=O) groups excluding carboxylic acids is 3. The Morgan fingerprint density at radius 3 is 2.08 bits per heavy atom. The first-order valence-electron chi connectivity index (χ1n) is 8.22. The molecule has 1 rings (SSSR count). The van der Waals surface area contributed by atoms with Crippen LogP contribution in [0.3, 0.4) is 0 Å². The normalized spacial score (nSPS) is 11.8. The molecular formula is C18H25NO6. The summed E-state index contributed by atoms with van der Waals surface area (Å²) in [6, 6.07) is 3.82. The third kappa shape index (κ3) is 6.93. The molecule has 7 heteroatoms. The lowest BCUT2D eigenvalue weighted by Crippen LogP contribution is -2.36. The van der Waals surface area contributed by atoms with Gasteiger partial charge in [-0.1, -0.05) is 19.9 Å². The zero-order valence-electron chi connectivity index (χ0n) is 15.0. The summed E-state index contributed by atoms with van der Waals surface area (Å²) in [6.45, 7) is 6.36. The number of rotatable bonds is 8. The highest BCUT2D eigenvalue weighted by Gasteiger charge is 2.20. The van der Waals surface area contributed by atoms with Gasteiger partial charge in [-0.25, -0.2) is 0 Å².